The molecule has 0 saturated heterocycles. The van der Waals surface area contributed by atoms with Crippen molar-refractivity contribution in [2.45, 2.75) is 18.6 Å². The lowest BCUT2D eigenvalue weighted by Crippen LogP contribution is -2.28. The predicted octanol–water partition coefficient (Wildman–Crippen LogP) is 4.19. The number of para-hydroxylation sites is 1. The smallest absolute Gasteiger partial charge is 0.316 e. The molecular weight excluding hydrogens is 448 g/mol. The van der Waals surface area contributed by atoms with Crippen molar-refractivity contribution in [1.29, 1.82) is 0 Å². The molecule has 0 aliphatic heterocycles. The minimum atomic E-state index is -0.501. The van der Waals surface area contributed by atoms with E-state index in [9.17, 15) is 9.59 Å². The molecule has 7 nitrogen and oxygen atoms in total. The van der Waals surface area contributed by atoms with Gasteiger partial charge in [0.15, 0.2) is 17.6 Å². The number of esters is 1. The van der Waals surface area contributed by atoms with Gasteiger partial charge in [-0.25, -0.2) is 0 Å². The van der Waals surface area contributed by atoms with Gasteiger partial charge in [0.1, 0.15) is 0 Å². The maximum atomic E-state index is 12.3. The van der Waals surface area contributed by atoms with E-state index in [2.05, 4.69) is 15.5 Å². The molecule has 0 unspecified atom stereocenters. The van der Waals surface area contributed by atoms with E-state index in [4.69, 9.17) is 4.74 Å². The van der Waals surface area contributed by atoms with Crippen LogP contribution in [-0.4, -0.2) is 39.0 Å². The molecule has 8 heteroatoms. The Labute approximate surface area is 202 Å². The zero-order valence-electron chi connectivity index (χ0n) is 18.7. The topological polar surface area (TPSA) is 86.1 Å². The van der Waals surface area contributed by atoms with Crippen molar-refractivity contribution in [1.82, 2.24) is 20.1 Å². The fourth-order valence-corrected chi connectivity index (χ4v) is 3.97. The first-order valence-corrected chi connectivity index (χ1v) is 11.8. The zero-order chi connectivity index (χ0) is 23.8. The molecule has 0 bridgehead atoms. The molecule has 34 heavy (non-hydrogen) atoms. The number of aryl methyl sites for hydroxylation is 1. The highest BCUT2D eigenvalue weighted by Crippen LogP contribution is 2.27. The minimum Gasteiger partial charge on any atom is -0.455 e. The molecule has 4 aromatic rings. The third kappa shape index (κ3) is 6.11. The molecule has 0 radical (unpaired) electrons. The van der Waals surface area contributed by atoms with Crippen LogP contribution in [0.25, 0.3) is 17.1 Å². The molecule has 1 amide bonds. The number of carbonyl (C=O) groups excluding carboxylic acids is 2. The number of aromatic nitrogens is 3. The number of ether oxygens (including phenoxy) is 1. The summed E-state index contributed by atoms with van der Waals surface area (Å²) in [4.78, 5) is 24.3. The quantitative estimate of drug-likeness (QED) is 0.290. The number of benzene rings is 3. The van der Waals surface area contributed by atoms with Gasteiger partial charge in [-0.2, -0.15) is 0 Å². The number of carbonyl (C=O) groups is 2. The maximum absolute atomic E-state index is 12.3. The standard InChI is InChI=1S/C26H24N4O3S/c1-19-12-14-20(15-13-19)16-27-23(31)17-33-24(32)18-34-26-29-28-25(21-8-4-2-5-9-21)30(26)22-10-6-3-7-11-22/h2-15H,16-18H2,1H3,(H,27,31). The van der Waals surface area contributed by atoms with Crippen LogP contribution < -0.4 is 5.32 Å². The highest BCUT2D eigenvalue weighted by molar-refractivity contribution is 7.99. The summed E-state index contributed by atoms with van der Waals surface area (Å²) >= 11 is 1.21. The van der Waals surface area contributed by atoms with E-state index in [1.165, 1.54) is 11.8 Å². The Morgan fingerprint density at radius 2 is 1.59 bits per heavy atom. The van der Waals surface area contributed by atoms with E-state index in [-0.39, 0.29) is 18.3 Å². The van der Waals surface area contributed by atoms with E-state index < -0.39 is 5.97 Å². The molecule has 0 atom stereocenters. The van der Waals surface area contributed by atoms with Gasteiger partial charge >= 0.3 is 5.97 Å². The maximum Gasteiger partial charge on any atom is 0.316 e. The Hall–Kier alpha value is -3.91. The molecule has 0 saturated carbocycles. The number of nitrogens with zero attached hydrogens (tertiary/aromatic N) is 3. The number of amides is 1. The highest BCUT2D eigenvalue weighted by atomic mass is 32.2. The number of thioether (sulfide) groups is 1. The van der Waals surface area contributed by atoms with E-state index in [1.807, 2.05) is 96.4 Å². The number of hydrogen-bond donors (Lipinski definition) is 1. The summed E-state index contributed by atoms with van der Waals surface area (Å²) in [5.41, 5.74) is 3.94. The molecule has 4 rings (SSSR count). The largest absolute Gasteiger partial charge is 0.455 e. The Morgan fingerprint density at radius 1 is 0.912 bits per heavy atom. The summed E-state index contributed by atoms with van der Waals surface area (Å²) in [6.07, 6.45) is 0. The number of hydrogen-bond acceptors (Lipinski definition) is 6. The van der Waals surface area contributed by atoms with Gasteiger partial charge in [-0.05, 0) is 24.6 Å². The Morgan fingerprint density at radius 3 is 2.29 bits per heavy atom. The first-order chi connectivity index (χ1) is 16.6. The van der Waals surface area contributed by atoms with Gasteiger partial charge in [0, 0.05) is 17.8 Å². The van der Waals surface area contributed by atoms with Gasteiger partial charge in [0.05, 0.1) is 5.75 Å². The third-order valence-electron chi connectivity index (χ3n) is 4.97. The van der Waals surface area contributed by atoms with Gasteiger partial charge in [-0.15, -0.1) is 10.2 Å². The van der Waals surface area contributed by atoms with Crippen LogP contribution in [0.1, 0.15) is 11.1 Å². The van der Waals surface area contributed by atoms with Crippen molar-refractivity contribution < 1.29 is 14.3 Å². The Bertz CT molecular complexity index is 1240. The predicted molar refractivity (Wildman–Crippen MR) is 132 cm³/mol. The van der Waals surface area contributed by atoms with Crippen LogP contribution >= 0.6 is 11.8 Å². The fraction of sp³-hybridized carbons (Fsp3) is 0.154. The molecule has 0 aliphatic carbocycles. The van der Waals surface area contributed by atoms with Gasteiger partial charge in [0.2, 0.25) is 0 Å². The summed E-state index contributed by atoms with van der Waals surface area (Å²) in [7, 11) is 0. The average molecular weight is 473 g/mol. The van der Waals surface area contributed by atoms with Gasteiger partial charge in [-0.3, -0.25) is 14.2 Å². The molecule has 172 valence electrons. The SMILES string of the molecule is Cc1ccc(CNC(=O)COC(=O)CSc2nnc(-c3ccccc3)n2-c2ccccc2)cc1. The van der Waals surface area contributed by atoms with Crippen LogP contribution in [0.4, 0.5) is 0 Å². The first kappa shape index (κ1) is 23.3. The second-order valence-corrected chi connectivity index (χ2v) is 8.50. The molecule has 0 aliphatic rings. The highest BCUT2D eigenvalue weighted by Gasteiger charge is 2.18. The van der Waals surface area contributed by atoms with Gasteiger partial charge < -0.3 is 10.1 Å². The van der Waals surface area contributed by atoms with Crippen molar-refractivity contribution in [3.8, 4) is 17.1 Å². The van der Waals surface area contributed by atoms with Crippen molar-refractivity contribution >= 4 is 23.6 Å². The molecule has 0 spiro atoms. The first-order valence-electron chi connectivity index (χ1n) is 10.8. The lowest BCUT2D eigenvalue weighted by atomic mass is 10.1. The number of rotatable bonds is 9. The summed E-state index contributed by atoms with van der Waals surface area (Å²) in [5.74, 6) is -0.166. The zero-order valence-corrected chi connectivity index (χ0v) is 19.5. The van der Waals surface area contributed by atoms with E-state index in [1.54, 1.807) is 0 Å². The Kier molecular flexibility index (Phi) is 7.72. The molecular formula is C26H24N4O3S. The lowest BCUT2D eigenvalue weighted by Gasteiger charge is -2.10. The summed E-state index contributed by atoms with van der Waals surface area (Å²) in [5, 5.41) is 12.0. The monoisotopic (exact) mass is 472 g/mol. The Balaban J connectivity index is 1.35. The van der Waals surface area contributed by atoms with Crippen molar-refractivity contribution in [3.05, 3.63) is 96.1 Å². The van der Waals surface area contributed by atoms with Crippen LogP contribution in [0.2, 0.25) is 0 Å². The van der Waals surface area contributed by atoms with Crippen molar-refractivity contribution in [2.24, 2.45) is 0 Å². The van der Waals surface area contributed by atoms with Crippen LogP contribution in [-0.2, 0) is 20.9 Å². The molecule has 1 aromatic heterocycles. The van der Waals surface area contributed by atoms with E-state index in [0.29, 0.717) is 17.5 Å². The summed E-state index contributed by atoms with van der Waals surface area (Å²) < 4.78 is 7.05. The lowest BCUT2D eigenvalue weighted by molar-refractivity contribution is -0.145. The van der Waals surface area contributed by atoms with E-state index in [0.717, 1.165) is 22.4 Å². The third-order valence-corrected chi connectivity index (χ3v) is 5.88. The minimum absolute atomic E-state index is 0.00496. The molecule has 1 N–H and O–H groups in total. The number of nitrogens with one attached hydrogen (secondary N) is 1. The van der Waals surface area contributed by atoms with Crippen LogP contribution in [0.5, 0.6) is 0 Å². The van der Waals surface area contributed by atoms with Crippen LogP contribution in [0.3, 0.4) is 0 Å². The average Bonchev–Trinajstić information content (AvgIpc) is 3.31. The van der Waals surface area contributed by atoms with E-state index >= 15 is 0 Å². The van der Waals surface area contributed by atoms with Gasteiger partial charge in [0.25, 0.3) is 5.91 Å². The second kappa shape index (κ2) is 11.3. The van der Waals surface area contributed by atoms with Crippen molar-refractivity contribution in [2.75, 3.05) is 12.4 Å². The molecule has 0 fully saturated rings. The second-order valence-electron chi connectivity index (χ2n) is 7.55. The fourth-order valence-electron chi connectivity index (χ4n) is 3.22. The van der Waals surface area contributed by atoms with Crippen molar-refractivity contribution in [3.63, 3.8) is 0 Å². The normalized spacial score (nSPS) is 10.6. The summed E-state index contributed by atoms with van der Waals surface area (Å²) in [6.45, 7) is 2.06. The molecule has 1 heterocycles. The van der Waals surface area contributed by atoms with Gasteiger partial charge in [-0.1, -0.05) is 90.1 Å². The summed E-state index contributed by atoms with van der Waals surface area (Å²) in [6, 6.07) is 27.3. The van der Waals surface area contributed by atoms with Crippen LogP contribution in [0.15, 0.2) is 90.1 Å². The molecule has 3 aromatic carbocycles. The van der Waals surface area contributed by atoms with Crippen LogP contribution in [0, 0.1) is 6.92 Å².